The molecular formula is C16H16F3N3O3. The van der Waals surface area contributed by atoms with Gasteiger partial charge in [0.15, 0.2) is 17.2 Å². The van der Waals surface area contributed by atoms with E-state index in [1.807, 2.05) is 0 Å². The standard InChI is InChI=1S/C16H16F3N3O3/c1-10-8-14(16(17,18)19)21-22(10)5-4-15(23)20-11-2-3-12-13(9-11)25-7-6-24-12/h2-3,8-9H,4-7H2,1H3,(H,20,23). The van der Waals surface area contributed by atoms with Gasteiger partial charge in [0.25, 0.3) is 0 Å². The molecule has 0 spiro atoms. The Morgan fingerprint density at radius 1 is 1.24 bits per heavy atom. The number of fused-ring (bicyclic) bond motifs is 1. The van der Waals surface area contributed by atoms with E-state index < -0.39 is 11.9 Å². The van der Waals surface area contributed by atoms with Gasteiger partial charge in [-0.25, -0.2) is 0 Å². The molecule has 9 heteroatoms. The van der Waals surface area contributed by atoms with E-state index in [2.05, 4.69) is 10.4 Å². The van der Waals surface area contributed by atoms with Crippen LogP contribution in [0.5, 0.6) is 11.5 Å². The van der Waals surface area contributed by atoms with Gasteiger partial charge in [-0.15, -0.1) is 0 Å². The number of carbonyl (C=O) groups excluding carboxylic acids is 1. The molecule has 0 radical (unpaired) electrons. The number of nitrogens with zero attached hydrogens (tertiary/aromatic N) is 2. The molecule has 2 aromatic rings. The molecule has 2 heterocycles. The average Bonchev–Trinajstić information content (AvgIpc) is 2.94. The summed E-state index contributed by atoms with van der Waals surface area (Å²) in [5.41, 5.74) is -0.0842. The Morgan fingerprint density at radius 3 is 2.64 bits per heavy atom. The number of anilines is 1. The molecule has 1 amide bonds. The van der Waals surface area contributed by atoms with Crippen molar-refractivity contribution in [2.75, 3.05) is 18.5 Å². The van der Waals surface area contributed by atoms with Gasteiger partial charge in [-0.05, 0) is 25.1 Å². The fraction of sp³-hybridized carbons (Fsp3) is 0.375. The van der Waals surface area contributed by atoms with Crippen molar-refractivity contribution < 1.29 is 27.4 Å². The number of aryl methyl sites for hydroxylation is 2. The first-order valence-electron chi connectivity index (χ1n) is 7.64. The van der Waals surface area contributed by atoms with Gasteiger partial charge in [-0.2, -0.15) is 18.3 Å². The average molecular weight is 355 g/mol. The van der Waals surface area contributed by atoms with Crippen LogP contribution in [0, 0.1) is 6.92 Å². The monoisotopic (exact) mass is 355 g/mol. The highest BCUT2D eigenvalue weighted by Gasteiger charge is 2.34. The third kappa shape index (κ3) is 4.04. The number of aromatic nitrogens is 2. The lowest BCUT2D eigenvalue weighted by atomic mass is 10.2. The predicted molar refractivity (Wildman–Crippen MR) is 82.6 cm³/mol. The summed E-state index contributed by atoms with van der Waals surface area (Å²) in [6.07, 6.45) is -4.50. The van der Waals surface area contributed by atoms with Crippen LogP contribution in [-0.2, 0) is 17.5 Å². The van der Waals surface area contributed by atoms with Crippen LogP contribution in [0.15, 0.2) is 24.3 Å². The van der Waals surface area contributed by atoms with Gasteiger partial charge in [0.1, 0.15) is 13.2 Å². The van der Waals surface area contributed by atoms with Crippen LogP contribution in [-0.4, -0.2) is 28.9 Å². The summed E-state index contributed by atoms with van der Waals surface area (Å²) in [4.78, 5) is 12.0. The summed E-state index contributed by atoms with van der Waals surface area (Å²) in [6.45, 7) is 2.48. The molecule has 1 aromatic carbocycles. The number of halogens is 3. The van der Waals surface area contributed by atoms with Crippen molar-refractivity contribution in [3.63, 3.8) is 0 Å². The van der Waals surface area contributed by atoms with Crippen LogP contribution in [0.3, 0.4) is 0 Å². The quantitative estimate of drug-likeness (QED) is 0.916. The lowest BCUT2D eigenvalue weighted by molar-refractivity contribution is -0.141. The topological polar surface area (TPSA) is 65.4 Å². The van der Waals surface area contributed by atoms with Crippen LogP contribution in [0.1, 0.15) is 17.8 Å². The first-order chi connectivity index (χ1) is 11.8. The zero-order valence-corrected chi connectivity index (χ0v) is 13.4. The molecule has 0 saturated carbocycles. The van der Waals surface area contributed by atoms with Crippen molar-refractivity contribution in [1.82, 2.24) is 9.78 Å². The maximum Gasteiger partial charge on any atom is 0.435 e. The Morgan fingerprint density at radius 2 is 1.96 bits per heavy atom. The van der Waals surface area contributed by atoms with Crippen LogP contribution >= 0.6 is 0 Å². The van der Waals surface area contributed by atoms with Gasteiger partial charge in [-0.1, -0.05) is 0 Å². The van der Waals surface area contributed by atoms with Gasteiger partial charge < -0.3 is 14.8 Å². The SMILES string of the molecule is Cc1cc(C(F)(F)F)nn1CCC(=O)Nc1ccc2c(c1)OCCO2. The fourth-order valence-electron chi connectivity index (χ4n) is 2.43. The molecule has 0 saturated heterocycles. The third-order valence-electron chi connectivity index (χ3n) is 3.65. The van der Waals surface area contributed by atoms with Crippen molar-refractivity contribution in [2.24, 2.45) is 0 Å². The summed E-state index contributed by atoms with van der Waals surface area (Å²) < 4.78 is 49.9. The molecule has 6 nitrogen and oxygen atoms in total. The van der Waals surface area contributed by atoms with Crippen LogP contribution in [0.2, 0.25) is 0 Å². The van der Waals surface area contributed by atoms with Crippen molar-refractivity contribution in [3.05, 3.63) is 35.7 Å². The lowest BCUT2D eigenvalue weighted by Gasteiger charge is -2.19. The first kappa shape index (κ1) is 17.1. The molecule has 134 valence electrons. The lowest BCUT2D eigenvalue weighted by Crippen LogP contribution is -2.17. The maximum atomic E-state index is 12.6. The molecule has 3 rings (SSSR count). The van der Waals surface area contributed by atoms with E-state index in [1.54, 1.807) is 18.2 Å². The molecule has 0 bridgehead atoms. The number of nitrogens with one attached hydrogen (secondary N) is 1. The molecular weight excluding hydrogens is 339 g/mol. The summed E-state index contributed by atoms with van der Waals surface area (Å²) in [6, 6.07) is 5.97. The number of benzene rings is 1. The van der Waals surface area contributed by atoms with E-state index in [0.717, 1.165) is 6.07 Å². The molecule has 1 N–H and O–H groups in total. The minimum absolute atomic E-state index is 0.00570. The smallest absolute Gasteiger partial charge is 0.435 e. The number of rotatable bonds is 4. The minimum atomic E-state index is -4.50. The van der Waals surface area contributed by atoms with Gasteiger partial charge in [0.2, 0.25) is 5.91 Å². The van der Waals surface area contributed by atoms with Crippen LogP contribution in [0.25, 0.3) is 0 Å². The van der Waals surface area contributed by atoms with Gasteiger partial charge in [0, 0.05) is 30.4 Å². The zero-order valence-electron chi connectivity index (χ0n) is 13.4. The number of hydrogen-bond donors (Lipinski definition) is 1. The third-order valence-corrected chi connectivity index (χ3v) is 3.65. The second kappa shape index (κ2) is 6.66. The number of alkyl halides is 3. The van der Waals surface area contributed by atoms with Gasteiger partial charge >= 0.3 is 6.18 Å². The Hall–Kier alpha value is -2.71. The zero-order chi connectivity index (χ0) is 18.0. The van der Waals surface area contributed by atoms with Crippen molar-refractivity contribution in [3.8, 4) is 11.5 Å². The van der Waals surface area contributed by atoms with Crippen molar-refractivity contribution >= 4 is 11.6 Å². The van der Waals surface area contributed by atoms with Crippen molar-refractivity contribution in [2.45, 2.75) is 26.1 Å². The number of carbonyl (C=O) groups is 1. The highest BCUT2D eigenvalue weighted by molar-refractivity contribution is 5.91. The summed E-state index contributed by atoms with van der Waals surface area (Å²) in [5, 5.41) is 6.17. The molecule has 1 aliphatic heterocycles. The van der Waals surface area contributed by atoms with E-state index in [4.69, 9.17) is 9.47 Å². The summed E-state index contributed by atoms with van der Waals surface area (Å²) >= 11 is 0. The Balaban J connectivity index is 1.59. The van der Waals surface area contributed by atoms with Crippen LogP contribution in [0.4, 0.5) is 18.9 Å². The Labute approximate surface area is 141 Å². The molecule has 0 aliphatic carbocycles. The van der Waals surface area contributed by atoms with Crippen LogP contribution < -0.4 is 14.8 Å². The van der Waals surface area contributed by atoms with Gasteiger partial charge in [0.05, 0.1) is 0 Å². The molecule has 0 fully saturated rings. The molecule has 25 heavy (non-hydrogen) atoms. The van der Waals surface area contributed by atoms with E-state index in [-0.39, 0.29) is 18.9 Å². The molecule has 0 atom stereocenters. The highest BCUT2D eigenvalue weighted by Crippen LogP contribution is 2.32. The summed E-state index contributed by atoms with van der Waals surface area (Å²) in [5.74, 6) is 0.818. The largest absolute Gasteiger partial charge is 0.486 e. The van der Waals surface area contributed by atoms with Gasteiger partial charge in [-0.3, -0.25) is 9.48 Å². The fourth-order valence-corrected chi connectivity index (χ4v) is 2.43. The molecule has 1 aliphatic rings. The van der Waals surface area contributed by atoms with E-state index in [9.17, 15) is 18.0 Å². The normalized spacial score (nSPS) is 13.6. The van der Waals surface area contributed by atoms with E-state index >= 15 is 0 Å². The van der Waals surface area contributed by atoms with E-state index in [0.29, 0.717) is 36.1 Å². The Bertz CT molecular complexity index is 787. The van der Waals surface area contributed by atoms with E-state index in [1.165, 1.54) is 11.6 Å². The van der Waals surface area contributed by atoms with Crippen molar-refractivity contribution in [1.29, 1.82) is 0 Å². The minimum Gasteiger partial charge on any atom is -0.486 e. The highest BCUT2D eigenvalue weighted by atomic mass is 19.4. The summed E-state index contributed by atoms with van der Waals surface area (Å²) in [7, 11) is 0. The number of ether oxygens (including phenoxy) is 2. The molecule has 0 unspecified atom stereocenters. The predicted octanol–water partition coefficient (Wildman–Crippen LogP) is 3.01. The number of hydrogen-bond acceptors (Lipinski definition) is 4. The maximum absolute atomic E-state index is 12.6. The second-order valence-electron chi connectivity index (χ2n) is 5.55. The number of amides is 1. The first-order valence-corrected chi connectivity index (χ1v) is 7.64. The Kier molecular flexibility index (Phi) is 4.56. The second-order valence-corrected chi connectivity index (χ2v) is 5.55. The molecule has 1 aromatic heterocycles.